The van der Waals surface area contributed by atoms with Gasteiger partial charge < -0.3 is 0 Å². The number of hydrogen-bond donors (Lipinski definition) is 0. The van der Waals surface area contributed by atoms with Crippen LogP contribution in [0.3, 0.4) is 0 Å². The molecule has 1 heteroatoms. The molecule has 0 aliphatic carbocycles. The van der Waals surface area contributed by atoms with Gasteiger partial charge in [-0.3, -0.25) is 0 Å². The van der Waals surface area contributed by atoms with E-state index in [1.54, 1.807) is 0 Å². The van der Waals surface area contributed by atoms with Crippen LogP contribution in [0.4, 0.5) is 0 Å². The molecule has 0 aliphatic rings. The van der Waals surface area contributed by atoms with Crippen molar-refractivity contribution in [2.75, 3.05) is 0 Å². The standard InChI is InChI=1S/C13H10.Zr/c1-3-7-12(8-4-1)11-13-9-5-2-6-10-13;/h1-10H;/q;+2. The topological polar surface area (TPSA) is 0 Å². The van der Waals surface area contributed by atoms with Gasteiger partial charge in [-0.1, -0.05) is 0 Å². The average Bonchev–Trinajstić information content (AvgIpc) is 2.30. The first-order valence-electron chi connectivity index (χ1n) is 4.57. The van der Waals surface area contributed by atoms with Gasteiger partial charge in [-0.05, 0) is 0 Å². The Bertz CT molecular complexity index is 376. The molecule has 2 rings (SSSR count). The predicted octanol–water partition coefficient (Wildman–Crippen LogP) is 2.80. The summed E-state index contributed by atoms with van der Waals surface area (Å²) in [5.74, 6) is 0. The van der Waals surface area contributed by atoms with Crippen LogP contribution >= 0.6 is 0 Å². The minimum atomic E-state index is 1.33. The molecule has 0 nitrogen and oxygen atoms in total. The normalized spacial score (nSPS) is 9.86. The van der Waals surface area contributed by atoms with Crippen molar-refractivity contribution in [3.8, 4) is 0 Å². The zero-order chi connectivity index (χ0) is 9.80. The summed E-state index contributed by atoms with van der Waals surface area (Å²) < 4.78 is 1.42. The molecule has 64 valence electrons. The Morgan fingerprint density at radius 1 is 0.643 bits per heavy atom. The summed E-state index contributed by atoms with van der Waals surface area (Å²) >= 11 is 1.46. The van der Waals surface area contributed by atoms with Gasteiger partial charge in [-0.15, -0.1) is 0 Å². The zero-order valence-corrected chi connectivity index (χ0v) is 10.2. The molecule has 0 N–H and O–H groups in total. The third kappa shape index (κ3) is 2.16. The van der Waals surface area contributed by atoms with Gasteiger partial charge in [0.2, 0.25) is 0 Å². The Morgan fingerprint density at radius 2 is 1.00 bits per heavy atom. The van der Waals surface area contributed by atoms with Crippen LogP contribution < -0.4 is 0 Å². The van der Waals surface area contributed by atoms with Crippen LogP contribution in [0.5, 0.6) is 0 Å². The van der Waals surface area contributed by atoms with Crippen molar-refractivity contribution < 1.29 is 24.2 Å². The van der Waals surface area contributed by atoms with E-state index < -0.39 is 0 Å². The number of rotatable bonds is 2. The molecule has 0 unspecified atom stereocenters. The Labute approximate surface area is 98.9 Å². The van der Waals surface area contributed by atoms with E-state index in [2.05, 4.69) is 60.7 Å². The second-order valence-corrected chi connectivity index (χ2v) is 4.34. The average molecular weight is 257 g/mol. The van der Waals surface area contributed by atoms with Gasteiger partial charge in [-0.2, -0.15) is 0 Å². The summed E-state index contributed by atoms with van der Waals surface area (Å²) in [5, 5.41) is 0. The quantitative estimate of drug-likeness (QED) is 0.776. The molecule has 0 bridgehead atoms. The Morgan fingerprint density at radius 3 is 1.36 bits per heavy atom. The fraction of sp³-hybridized carbons (Fsp3) is 0. The molecule has 14 heavy (non-hydrogen) atoms. The van der Waals surface area contributed by atoms with E-state index in [-0.39, 0.29) is 0 Å². The maximum atomic E-state index is 2.16. The van der Waals surface area contributed by atoms with Crippen molar-refractivity contribution in [3.63, 3.8) is 0 Å². The van der Waals surface area contributed by atoms with Crippen LogP contribution in [0.2, 0.25) is 0 Å². The summed E-state index contributed by atoms with van der Waals surface area (Å²) in [5.41, 5.74) is 2.66. The first-order valence-corrected chi connectivity index (χ1v) is 5.80. The van der Waals surface area contributed by atoms with Crippen LogP contribution in [0.15, 0.2) is 60.7 Å². The Kier molecular flexibility index (Phi) is 3.21. The molecular weight excluding hydrogens is 247 g/mol. The first-order chi connectivity index (χ1) is 6.88. The summed E-state index contributed by atoms with van der Waals surface area (Å²) in [4.78, 5) is 0. The monoisotopic (exact) mass is 256 g/mol. The van der Waals surface area contributed by atoms with Crippen LogP contribution in [0, 0.1) is 0 Å². The van der Waals surface area contributed by atoms with E-state index in [1.165, 1.54) is 38.6 Å². The molecule has 0 saturated heterocycles. The fourth-order valence-electron chi connectivity index (χ4n) is 1.38. The van der Waals surface area contributed by atoms with E-state index in [1.807, 2.05) is 0 Å². The van der Waals surface area contributed by atoms with Crippen LogP contribution in [0.1, 0.15) is 11.1 Å². The van der Waals surface area contributed by atoms with E-state index in [0.717, 1.165) is 0 Å². The zero-order valence-electron chi connectivity index (χ0n) is 7.77. The molecule has 0 aliphatic heterocycles. The molecule has 2 aromatic rings. The molecule has 0 radical (unpaired) electrons. The van der Waals surface area contributed by atoms with Gasteiger partial charge in [0.1, 0.15) is 0 Å². The Balaban J connectivity index is 2.35. The predicted molar refractivity (Wildman–Crippen MR) is 56.1 cm³/mol. The second kappa shape index (κ2) is 4.62. The second-order valence-electron chi connectivity index (χ2n) is 3.11. The van der Waals surface area contributed by atoms with Gasteiger partial charge in [-0.25, -0.2) is 0 Å². The van der Waals surface area contributed by atoms with Gasteiger partial charge in [0.05, 0.1) is 0 Å². The molecule has 0 saturated carbocycles. The van der Waals surface area contributed by atoms with E-state index >= 15 is 0 Å². The van der Waals surface area contributed by atoms with Gasteiger partial charge in [0.25, 0.3) is 0 Å². The van der Waals surface area contributed by atoms with Crippen molar-refractivity contribution in [1.82, 2.24) is 0 Å². The fourth-order valence-corrected chi connectivity index (χ4v) is 2.20. The molecule has 0 heterocycles. The van der Waals surface area contributed by atoms with Crippen molar-refractivity contribution in [2.24, 2.45) is 0 Å². The molecule has 0 atom stereocenters. The van der Waals surface area contributed by atoms with E-state index in [0.29, 0.717) is 0 Å². The van der Waals surface area contributed by atoms with Crippen LogP contribution in [0.25, 0.3) is 0 Å². The molecule has 0 aromatic heterocycles. The van der Waals surface area contributed by atoms with Gasteiger partial charge >= 0.3 is 99.2 Å². The molecule has 0 amide bonds. The van der Waals surface area contributed by atoms with Crippen molar-refractivity contribution in [2.45, 2.75) is 0 Å². The molecular formula is C13H10Zr+2. The third-order valence-corrected chi connectivity index (χ3v) is 3.54. The summed E-state index contributed by atoms with van der Waals surface area (Å²) in [6.07, 6.45) is 0. The van der Waals surface area contributed by atoms with Crippen LogP contribution in [-0.4, -0.2) is 3.21 Å². The summed E-state index contributed by atoms with van der Waals surface area (Å²) in [6.45, 7) is 0. The van der Waals surface area contributed by atoms with Crippen molar-refractivity contribution in [1.29, 1.82) is 0 Å². The Hall–Kier alpha value is -0.807. The minimum absolute atomic E-state index is 1.33. The summed E-state index contributed by atoms with van der Waals surface area (Å²) in [7, 11) is 0. The molecule has 0 fully saturated rings. The SMILES string of the molecule is [Zr+2]=[C](c1ccccc1)c1ccccc1. The molecule has 0 spiro atoms. The third-order valence-electron chi connectivity index (χ3n) is 2.12. The van der Waals surface area contributed by atoms with E-state index in [9.17, 15) is 0 Å². The maximum absolute atomic E-state index is 2.16. The van der Waals surface area contributed by atoms with Gasteiger partial charge in [0, 0.05) is 0 Å². The van der Waals surface area contributed by atoms with E-state index in [4.69, 9.17) is 0 Å². The first kappa shape index (κ1) is 9.74. The molecule has 2 aromatic carbocycles. The van der Waals surface area contributed by atoms with Crippen molar-refractivity contribution >= 4 is 3.21 Å². The van der Waals surface area contributed by atoms with Crippen molar-refractivity contribution in [3.05, 3.63) is 71.8 Å². The number of benzene rings is 2. The van der Waals surface area contributed by atoms with Gasteiger partial charge in [0.15, 0.2) is 0 Å². The van der Waals surface area contributed by atoms with Crippen LogP contribution in [-0.2, 0) is 24.2 Å². The summed E-state index contributed by atoms with van der Waals surface area (Å²) in [6, 6.07) is 21.1. The number of hydrogen-bond acceptors (Lipinski definition) is 0.